The number of non-ortho nitro benzene ring substituents is 1. The number of benzene rings is 2. The van der Waals surface area contributed by atoms with E-state index in [0.29, 0.717) is 22.2 Å². The summed E-state index contributed by atoms with van der Waals surface area (Å²) in [5.41, 5.74) is 1.66. The summed E-state index contributed by atoms with van der Waals surface area (Å²) in [7, 11) is 0. The van der Waals surface area contributed by atoms with Crippen LogP contribution in [0.1, 0.15) is 11.1 Å². The maximum Gasteiger partial charge on any atom is 0.270 e. The van der Waals surface area contributed by atoms with Crippen molar-refractivity contribution in [1.29, 1.82) is 0 Å². The minimum Gasteiger partial charge on any atom is -0.352 e. The van der Waals surface area contributed by atoms with E-state index in [4.69, 9.17) is 23.2 Å². The third kappa shape index (κ3) is 6.71. The third-order valence-electron chi connectivity index (χ3n) is 3.31. The second kappa shape index (κ2) is 10.2. The van der Waals surface area contributed by atoms with Gasteiger partial charge in [-0.2, -0.15) is 11.8 Å². The van der Waals surface area contributed by atoms with Crippen molar-refractivity contribution in [2.24, 2.45) is 0 Å². The fourth-order valence-electron chi connectivity index (χ4n) is 2.04. The predicted molar refractivity (Wildman–Crippen MR) is 108 cm³/mol. The average Bonchev–Trinajstić information content (AvgIpc) is 2.63. The molecule has 0 unspecified atom stereocenters. The summed E-state index contributed by atoms with van der Waals surface area (Å²) in [4.78, 5) is 22.0. The molecule has 0 aliphatic carbocycles. The van der Waals surface area contributed by atoms with E-state index in [1.807, 2.05) is 12.1 Å². The van der Waals surface area contributed by atoms with Crippen LogP contribution in [-0.2, 0) is 10.5 Å². The molecule has 0 aromatic heterocycles. The van der Waals surface area contributed by atoms with Crippen LogP contribution in [0.4, 0.5) is 5.69 Å². The van der Waals surface area contributed by atoms with Crippen molar-refractivity contribution in [2.45, 2.75) is 5.75 Å². The van der Waals surface area contributed by atoms with Gasteiger partial charge >= 0.3 is 0 Å². The fourth-order valence-corrected chi connectivity index (χ4v) is 3.17. The van der Waals surface area contributed by atoms with Gasteiger partial charge in [0.2, 0.25) is 5.91 Å². The van der Waals surface area contributed by atoms with E-state index in [0.717, 1.165) is 17.1 Å². The highest BCUT2D eigenvalue weighted by Gasteiger charge is 2.04. The van der Waals surface area contributed by atoms with Crippen LogP contribution >= 0.6 is 35.0 Å². The van der Waals surface area contributed by atoms with Crippen LogP contribution in [0, 0.1) is 10.1 Å². The first-order valence-electron chi connectivity index (χ1n) is 7.68. The van der Waals surface area contributed by atoms with Crippen LogP contribution in [0.15, 0.2) is 48.5 Å². The van der Waals surface area contributed by atoms with Gasteiger partial charge in [-0.05, 0) is 29.3 Å². The van der Waals surface area contributed by atoms with Gasteiger partial charge in [-0.15, -0.1) is 0 Å². The molecule has 0 saturated carbocycles. The Hall–Kier alpha value is -2.02. The van der Waals surface area contributed by atoms with Crippen molar-refractivity contribution in [3.63, 3.8) is 0 Å². The molecule has 2 rings (SSSR count). The summed E-state index contributed by atoms with van der Waals surface area (Å²) in [6, 6.07) is 11.6. The first-order chi connectivity index (χ1) is 12.5. The minimum atomic E-state index is -0.470. The molecule has 0 heterocycles. The molecule has 2 aromatic rings. The highest BCUT2D eigenvalue weighted by Crippen LogP contribution is 2.24. The molecule has 0 atom stereocenters. The number of carbonyl (C=O) groups is 1. The largest absolute Gasteiger partial charge is 0.352 e. The van der Waals surface area contributed by atoms with Gasteiger partial charge in [-0.25, -0.2) is 0 Å². The molecule has 0 bridgehead atoms. The van der Waals surface area contributed by atoms with E-state index in [9.17, 15) is 14.9 Å². The van der Waals surface area contributed by atoms with Crippen molar-refractivity contribution < 1.29 is 9.72 Å². The molecule has 0 saturated heterocycles. The molecule has 1 N–H and O–H groups in total. The number of hydrogen-bond acceptors (Lipinski definition) is 4. The van der Waals surface area contributed by atoms with Gasteiger partial charge in [0.05, 0.1) is 15.0 Å². The summed E-state index contributed by atoms with van der Waals surface area (Å²) in [6.45, 7) is 0.518. The van der Waals surface area contributed by atoms with Gasteiger partial charge in [-0.1, -0.05) is 41.4 Å². The molecule has 26 heavy (non-hydrogen) atoms. The summed E-state index contributed by atoms with van der Waals surface area (Å²) in [5, 5.41) is 14.5. The highest BCUT2D eigenvalue weighted by atomic mass is 35.5. The van der Waals surface area contributed by atoms with E-state index in [1.165, 1.54) is 18.2 Å². The molecule has 0 aliphatic heterocycles. The first-order valence-corrected chi connectivity index (χ1v) is 9.59. The van der Waals surface area contributed by atoms with Crippen molar-refractivity contribution in [2.75, 3.05) is 12.3 Å². The van der Waals surface area contributed by atoms with Crippen molar-refractivity contribution in [3.05, 3.63) is 79.8 Å². The van der Waals surface area contributed by atoms with Crippen LogP contribution in [0.2, 0.25) is 10.0 Å². The summed E-state index contributed by atoms with van der Waals surface area (Å²) >= 11 is 13.5. The summed E-state index contributed by atoms with van der Waals surface area (Å²) in [6.07, 6.45) is 2.91. The fraction of sp³-hybridized carbons (Fsp3) is 0.167. The molecule has 136 valence electrons. The van der Waals surface area contributed by atoms with Crippen molar-refractivity contribution in [3.8, 4) is 0 Å². The zero-order chi connectivity index (χ0) is 18.9. The lowest BCUT2D eigenvalue weighted by Crippen LogP contribution is -2.23. The van der Waals surface area contributed by atoms with Gasteiger partial charge in [0.15, 0.2) is 0 Å². The number of rotatable bonds is 8. The van der Waals surface area contributed by atoms with Crippen molar-refractivity contribution in [1.82, 2.24) is 5.32 Å². The van der Waals surface area contributed by atoms with Crippen LogP contribution < -0.4 is 5.32 Å². The SMILES string of the molecule is O=C(/C=C/c1cccc([N+](=O)[O-])c1)NCCSCc1ccc(Cl)c(Cl)c1. The molecule has 0 radical (unpaired) electrons. The van der Waals surface area contributed by atoms with Crippen LogP contribution in [-0.4, -0.2) is 23.1 Å². The molecule has 0 fully saturated rings. The Balaban J connectivity index is 1.71. The molecular weight excluding hydrogens is 395 g/mol. The van der Waals surface area contributed by atoms with Gasteiger partial charge in [0.25, 0.3) is 5.69 Å². The zero-order valence-electron chi connectivity index (χ0n) is 13.7. The van der Waals surface area contributed by atoms with E-state index >= 15 is 0 Å². The number of nitrogens with one attached hydrogen (secondary N) is 1. The van der Waals surface area contributed by atoms with Crippen LogP contribution in [0.3, 0.4) is 0 Å². The lowest BCUT2D eigenvalue weighted by molar-refractivity contribution is -0.384. The highest BCUT2D eigenvalue weighted by molar-refractivity contribution is 7.98. The molecular formula is C18H16Cl2N2O3S. The Labute approximate surface area is 165 Å². The van der Waals surface area contributed by atoms with E-state index in [2.05, 4.69) is 5.32 Å². The Kier molecular flexibility index (Phi) is 7.97. The topological polar surface area (TPSA) is 72.2 Å². The number of carbonyl (C=O) groups excluding carboxylic acids is 1. The maximum atomic E-state index is 11.8. The predicted octanol–water partition coefficient (Wildman–Crippen LogP) is 4.96. The van der Waals surface area contributed by atoms with Gasteiger partial charge < -0.3 is 5.32 Å². The normalized spacial score (nSPS) is 10.8. The number of hydrogen-bond donors (Lipinski definition) is 1. The zero-order valence-corrected chi connectivity index (χ0v) is 16.0. The van der Waals surface area contributed by atoms with Gasteiger partial charge in [0, 0.05) is 36.3 Å². The smallest absolute Gasteiger partial charge is 0.270 e. The van der Waals surface area contributed by atoms with Crippen LogP contribution in [0.5, 0.6) is 0 Å². The number of nitro groups is 1. The number of thioether (sulfide) groups is 1. The van der Waals surface area contributed by atoms with Crippen LogP contribution in [0.25, 0.3) is 6.08 Å². The molecule has 5 nitrogen and oxygen atoms in total. The number of nitrogens with zero attached hydrogens (tertiary/aromatic N) is 1. The third-order valence-corrected chi connectivity index (χ3v) is 5.08. The van der Waals surface area contributed by atoms with E-state index in [1.54, 1.807) is 36.0 Å². The standard InChI is InChI=1S/C18H16Cl2N2O3S/c19-16-6-4-14(11-17(16)20)12-26-9-8-21-18(23)7-5-13-2-1-3-15(10-13)22(24)25/h1-7,10-11H,8-9,12H2,(H,21,23)/b7-5+. The molecule has 0 spiro atoms. The lowest BCUT2D eigenvalue weighted by atomic mass is 10.2. The van der Waals surface area contributed by atoms with Gasteiger partial charge in [0.1, 0.15) is 0 Å². The Morgan fingerprint density at radius 2 is 2.00 bits per heavy atom. The maximum absolute atomic E-state index is 11.8. The second-order valence-corrected chi connectivity index (χ2v) is 7.20. The van der Waals surface area contributed by atoms with E-state index in [-0.39, 0.29) is 11.6 Å². The molecule has 0 aliphatic rings. The number of amides is 1. The lowest BCUT2D eigenvalue weighted by Gasteiger charge is -2.04. The monoisotopic (exact) mass is 410 g/mol. The van der Waals surface area contributed by atoms with E-state index < -0.39 is 4.92 Å². The second-order valence-electron chi connectivity index (χ2n) is 5.28. The molecule has 1 amide bonds. The minimum absolute atomic E-state index is 0.00809. The Morgan fingerprint density at radius 3 is 2.73 bits per heavy atom. The summed E-state index contributed by atoms with van der Waals surface area (Å²) in [5.74, 6) is 1.28. The number of halogens is 2. The molecule has 2 aromatic carbocycles. The molecule has 8 heteroatoms. The number of nitro benzene ring substituents is 1. The average molecular weight is 411 g/mol. The Morgan fingerprint density at radius 1 is 1.19 bits per heavy atom. The first kappa shape index (κ1) is 20.3. The quantitative estimate of drug-likeness (QED) is 0.288. The Bertz CT molecular complexity index is 828. The summed E-state index contributed by atoms with van der Waals surface area (Å²) < 4.78 is 0. The van der Waals surface area contributed by atoms with Crippen molar-refractivity contribution >= 4 is 52.6 Å². The van der Waals surface area contributed by atoms with Gasteiger partial charge in [-0.3, -0.25) is 14.9 Å².